The fourth-order valence-electron chi connectivity index (χ4n) is 5.17. The Balaban J connectivity index is 1.42. The number of carbonyl (C=O) groups is 3. The van der Waals surface area contributed by atoms with E-state index in [1.54, 1.807) is 0 Å². The first-order valence-electron chi connectivity index (χ1n) is 12.0. The van der Waals surface area contributed by atoms with E-state index in [1.807, 2.05) is 43.3 Å². The lowest BCUT2D eigenvalue weighted by atomic mass is 9.84. The van der Waals surface area contributed by atoms with E-state index in [2.05, 4.69) is 17.4 Å². The summed E-state index contributed by atoms with van der Waals surface area (Å²) in [5, 5.41) is 12.3. The smallest absolute Gasteiger partial charge is 0.407 e. The van der Waals surface area contributed by atoms with Crippen molar-refractivity contribution in [1.29, 1.82) is 0 Å². The van der Waals surface area contributed by atoms with Gasteiger partial charge in [0.1, 0.15) is 12.6 Å². The van der Waals surface area contributed by atoms with E-state index < -0.39 is 23.5 Å². The quantitative estimate of drug-likeness (QED) is 0.568. The van der Waals surface area contributed by atoms with Gasteiger partial charge in [0.2, 0.25) is 5.91 Å². The summed E-state index contributed by atoms with van der Waals surface area (Å²) in [4.78, 5) is 39.3. The number of carboxylic acid groups (broad SMARTS) is 1. The van der Waals surface area contributed by atoms with Crippen molar-refractivity contribution in [3.05, 3.63) is 59.7 Å². The summed E-state index contributed by atoms with van der Waals surface area (Å²) in [7, 11) is 1.53. The minimum atomic E-state index is -0.939. The molecule has 1 aliphatic heterocycles. The van der Waals surface area contributed by atoms with Crippen molar-refractivity contribution in [2.75, 3.05) is 33.4 Å². The van der Waals surface area contributed by atoms with Crippen LogP contribution in [-0.2, 0) is 19.1 Å². The number of fused-ring (bicyclic) bond motifs is 3. The zero-order valence-electron chi connectivity index (χ0n) is 20.2. The number of likely N-dealkylation sites (tertiary alicyclic amines) is 1. The van der Waals surface area contributed by atoms with Crippen LogP contribution in [0.3, 0.4) is 0 Å². The number of nitrogens with one attached hydrogen (secondary N) is 1. The Bertz CT molecular complexity index is 1060. The largest absolute Gasteiger partial charge is 0.481 e. The fraction of sp³-hybridized carbons (Fsp3) is 0.444. The molecule has 0 aromatic heterocycles. The van der Waals surface area contributed by atoms with Gasteiger partial charge in [0.15, 0.2) is 0 Å². The van der Waals surface area contributed by atoms with Gasteiger partial charge >= 0.3 is 12.1 Å². The van der Waals surface area contributed by atoms with Crippen LogP contribution in [0.25, 0.3) is 11.1 Å². The third-order valence-corrected chi connectivity index (χ3v) is 7.34. The van der Waals surface area contributed by atoms with Crippen LogP contribution in [0.1, 0.15) is 43.2 Å². The lowest BCUT2D eigenvalue weighted by molar-refractivity contribution is -0.148. The van der Waals surface area contributed by atoms with Gasteiger partial charge in [-0.15, -0.1) is 0 Å². The second kappa shape index (κ2) is 10.5. The Morgan fingerprint density at radius 1 is 1.11 bits per heavy atom. The highest BCUT2D eigenvalue weighted by Crippen LogP contribution is 2.44. The number of carboxylic acids is 1. The third-order valence-electron chi connectivity index (χ3n) is 7.34. The van der Waals surface area contributed by atoms with Gasteiger partial charge in [-0.05, 0) is 35.1 Å². The molecule has 1 saturated heterocycles. The zero-order valence-corrected chi connectivity index (χ0v) is 20.2. The standard InChI is InChI=1S/C27H32N2O6/c1-3-27(25(31)32)13-14-29(17-27)24(30)23(12-15-34-2)28-26(33)35-16-22-20-10-6-4-8-18(20)19-9-5-7-11-21(19)22/h4-11,22-23H,3,12-17H2,1-2H3,(H,28,33)(H,31,32). The van der Waals surface area contributed by atoms with Crippen LogP contribution in [0.15, 0.2) is 48.5 Å². The number of alkyl carbamates (subject to hydrolysis) is 1. The summed E-state index contributed by atoms with van der Waals surface area (Å²) in [6.45, 7) is 2.71. The van der Waals surface area contributed by atoms with E-state index in [1.165, 1.54) is 12.0 Å². The molecule has 4 rings (SSSR count). The molecular formula is C27H32N2O6. The first-order chi connectivity index (χ1) is 16.9. The molecule has 2 aliphatic rings. The van der Waals surface area contributed by atoms with E-state index in [0.29, 0.717) is 19.4 Å². The van der Waals surface area contributed by atoms with Crippen molar-refractivity contribution in [3.63, 3.8) is 0 Å². The lowest BCUT2D eigenvalue weighted by Crippen LogP contribution is -2.49. The normalized spacial score (nSPS) is 19.7. The predicted molar refractivity (Wildman–Crippen MR) is 130 cm³/mol. The zero-order chi connectivity index (χ0) is 25.0. The Kier molecular flexibility index (Phi) is 7.40. The molecule has 8 heteroatoms. The van der Waals surface area contributed by atoms with Gasteiger partial charge < -0.3 is 24.8 Å². The van der Waals surface area contributed by atoms with Gasteiger partial charge in [-0.25, -0.2) is 4.79 Å². The van der Waals surface area contributed by atoms with Gasteiger partial charge in [-0.2, -0.15) is 0 Å². The SMILES string of the molecule is CCC1(C(=O)O)CCN(C(=O)C(CCOC)NC(=O)OCC2c3ccccc3-c3ccccc32)C1. The molecule has 2 unspecified atom stereocenters. The number of nitrogens with zero attached hydrogens (tertiary/aromatic N) is 1. The van der Waals surface area contributed by atoms with E-state index in [0.717, 1.165) is 22.3 Å². The molecule has 0 bridgehead atoms. The monoisotopic (exact) mass is 480 g/mol. The molecule has 2 N–H and O–H groups in total. The van der Waals surface area contributed by atoms with Crippen LogP contribution in [-0.4, -0.2) is 67.4 Å². The number of hydrogen-bond acceptors (Lipinski definition) is 5. The molecule has 2 atom stereocenters. The maximum absolute atomic E-state index is 13.2. The van der Waals surface area contributed by atoms with E-state index in [-0.39, 0.29) is 38.0 Å². The Morgan fingerprint density at radius 3 is 2.29 bits per heavy atom. The molecule has 1 heterocycles. The Hall–Kier alpha value is -3.39. The maximum atomic E-state index is 13.2. The Labute approximate surface area is 205 Å². The molecule has 0 radical (unpaired) electrons. The highest BCUT2D eigenvalue weighted by atomic mass is 16.5. The van der Waals surface area contributed by atoms with Gasteiger partial charge in [-0.3, -0.25) is 9.59 Å². The van der Waals surface area contributed by atoms with Gasteiger partial charge in [0.05, 0.1) is 5.41 Å². The number of aliphatic carboxylic acids is 1. The van der Waals surface area contributed by atoms with E-state index >= 15 is 0 Å². The van der Waals surface area contributed by atoms with Crippen LogP contribution in [0.4, 0.5) is 4.79 Å². The number of methoxy groups -OCH3 is 1. The van der Waals surface area contributed by atoms with Crippen LogP contribution >= 0.6 is 0 Å². The number of rotatable bonds is 9. The predicted octanol–water partition coefficient (Wildman–Crippen LogP) is 3.64. The van der Waals surface area contributed by atoms with Crippen molar-refractivity contribution in [1.82, 2.24) is 10.2 Å². The van der Waals surface area contributed by atoms with Crippen LogP contribution in [0.5, 0.6) is 0 Å². The molecule has 1 aliphatic carbocycles. The summed E-state index contributed by atoms with van der Waals surface area (Å²) < 4.78 is 10.7. The summed E-state index contributed by atoms with van der Waals surface area (Å²) in [5.41, 5.74) is 3.55. The van der Waals surface area contributed by atoms with Crippen molar-refractivity contribution < 1.29 is 29.0 Å². The van der Waals surface area contributed by atoms with Crippen LogP contribution < -0.4 is 5.32 Å². The second-order valence-corrected chi connectivity index (χ2v) is 9.25. The van der Waals surface area contributed by atoms with E-state index in [4.69, 9.17) is 9.47 Å². The lowest BCUT2D eigenvalue weighted by Gasteiger charge is -2.26. The molecule has 35 heavy (non-hydrogen) atoms. The number of hydrogen-bond donors (Lipinski definition) is 2. The average molecular weight is 481 g/mol. The van der Waals surface area contributed by atoms with Crippen molar-refractivity contribution >= 4 is 18.0 Å². The van der Waals surface area contributed by atoms with E-state index in [9.17, 15) is 19.5 Å². The minimum absolute atomic E-state index is 0.0828. The van der Waals surface area contributed by atoms with Crippen LogP contribution in [0.2, 0.25) is 0 Å². The second-order valence-electron chi connectivity index (χ2n) is 9.25. The molecule has 0 spiro atoms. The Morgan fingerprint density at radius 2 is 1.74 bits per heavy atom. The number of amides is 2. The highest BCUT2D eigenvalue weighted by molar-refractivity contribution is 5.87. The number of ether oxygens (including phenoxy) is 2. The molecule has 1 fully saturated rings. The first-order valence-corrected chi connectivity index (χ1v) is 12.0. The van der Waals surface area contributed by atoms with Gasteiger partial charge in [0.25, 0.3) is 0 Å². The molecule has 0 saturated carbocycles. The topological polar surface area (TPSA) is 105 Å². The number of carbonyl (C=O) groups excluding carboxylic acids is 2. The van der Waals surface area contributed by atoms with Crippen molar-refractivity contribution in [2.24, 2.45) is 5.41 Å². The van der Waals surface area contributed by atoms with Gasteiger partial charge in [0, 0.05) is 39.1 Å². The number of benzene rings is 2. The average Bonchev–Trinajstić information content (AvgIpc) is 3.46. The van der Waals surface area contributed by atoms with Crippen molar-refractivity contribution in [2.45, 2.75) is 38.1 Å². The van der Waals surface area contributed by atoms with Crippen molar-refractivity contribution in [3.8, 4) is 11.1 Å². The third kappa shape index (κ3) is 4.89. The molecular weight excluding hydrogens is 448 g/mol. The maximum Gasteiger partial charge on any atom is 0.407 e. The first kappa shape index (κ1) is 24.7. The summed E-state index contributed by atoms with van der Waals surface area (Å²) in [5.74, 6) is -1.29. The molecule has 2 amide bonds. The molecule has 186 valence electrons. The minimum Gasteiger partial charge on any atom is -0.481 e. The molecule has 2 aromatic rings. The molecule has 2 aromatic carbocycles. The fourth-order valence-corrected chi connectivity index (χ4v) is 5.17. The van der Waals surface area contributed by atoms with Gasteiger partial charge in [-0.1, -0.05) is 55.5 Å². The highest BCUT2D eigenvalue weighted by Gasteiger charge is 2.46. The summed E-state index contributed by atoms with van der Waals surface area (Å²) in [6, 6.07) is 15.3. The summed E-state index contributed by atoms with van der Waals surface area (Å²) >= 11 is 0. The van der Waals surface area contributed by atoms with Crippen LogP contribution in [0, 0.1) is 5.41 Å². The molecule has 8 nitrogen and oxygen atoms in total. The summed E-state index contributed by atoms with van der Waals surface area (Å²) in [6.07, 6.45) is 0.421.